The van der Waals surface area contributed by atoms with E-state index in [1.807, 2.05) is 48.4 Å². The molecule has 0 spiro atoms. The lowest BCUT2D eigenvalue weighted by Gasteiger charge is -2.29. The first kappa shape index (κ1) is 27.1. The molecule has 0 unspecified atom stereocenters. The molecular weight excluding hydrogens is 454 g/mol. The molecule has 0 saturated heterocycles. The Bertz CT molecular complexity index is 1150. The van der Waals surface area contributed by atoms with E-state index in [4.69, 9.17) is 9.47 Å². The number of fused-ring (bicyclic) bond motifs is 1. The fourth-order valence-electron chi connectivity index (χ4n) is 4.42. The second-order valence-corrected chi connectivity index (χ2v) is 9.53. The van der Waals surface area contributed by atoms with Crippen molar-refractivity contribution in [2.24, 2.45) is 5.92 Å². The van der Waals surface area contributed by atoms with E-state index < -0.39 is 0 Å². The van der Waals surface area contributed by atoms with Crippen molar-refractivity contribution in [3.05, 3.63) is 59.8 Å². The zero-order valence-corrected chi connectivity index (χ0v) is 22.2. The molecule has 0 fully saturated rings. The maximum Gasteiger partial charge on any atom is 0.242 e. The van der Waals surface area contributed by atoms with E-state index in [0.717, 1.165) is 28.5 Å². The molecule has 3 rings (SSSR count). The highest BCUT2D eigenvalue weighted by molar-refractivity contribution is 5.85. The van der Waals surface area contributed by atoms with Crippen LogP contribution in [0.3, 0.4) is 0 Å². The van der Waals surface area contributed by atoms with Crippen LogP contribution in [0.25, 0.3) is 10.9 Å². The predicted molar refractivity (Wildman–Crippen MR) is 143 cm³/mol. The van der Waals surface area contributed by atoms with Gasteiger partial charge in [-0.15, -0.1) is 0 Å². The third kappa shape index (κ3) is 7.03. The van der Waals surface area contributed by atoms with Crippen molar-refractivity contribution >= 4 is 22.7 Å². The average Bonchev–Trinajstić information content (AvgIpc) is 3.28. The van der Waals surface area contributed by atoms with E-state index in [9.17, 15) is 9.59 Å². The number of hydrogen-bond acceptors (Lipinski definition) is 4. The first-order valence-electron chi connectivity index (χ1n) is 12.7. The molecule has 0 aliphatic carbocycles. The highest BCUT2D eigenvalue weighted by Gasteiger charge is 2.22. The maximum absolute atomic E-state index is 13.6. The van der Waals surface area contributed by atoms with E-state index in [0.29, 0.717) is 44.0 Å². The molecule has 3 aromatic rings. The number of nitrogens with zero attached hydrogens (tertiary/aromatic N) is 2. The van der Waals surface area contributed by atoms with Crippen molar-refractivity contribution in [2.45, 2.75) is 46.6 Å². The molecular formula is C29H39N3O4. The van der Waals surface area contributed by atoms with Crippen LogP contribution in [0.4, 0.5) is 0 Å². The van der Waals surface area contributed by atoms with Gasteiger partial charge in [-0.3, -0.25) is 9.59 Å². The van der Waals surface area contributed by atoms with Gasteiger partial charge in [-0.25, -0.2) is 0 Å². The van der Waals surface area contributed by atoms with E-state index in [1.165, 1.54) is 0 Å². The number of para-hydroxylation sites is 1. The van der Waals surface area contributed by atoms with Gasteiger partial charge in [-0.1, -0.05) is 45.0 Å². The zero-order chi connectivity index (χ0) is 26.1. The largest absolute Gasteiger partial charge is 0.493 e. The summed E-state index contributed by atoms with van der Waals surface area (Å²) in [6.07, 6.45) is 3.93. The van der Waals surface area contributed by atoms with Gasteiger partial charge in [0.1, 0.15) is 0 Å². The fraction of sp³-hybridized carbons (Fsp3) is 0.448. The Morgan fingerprint density at radius 1 is 0.972 bits per heavy atom. The lowest BCUT2D eigenvalue weighted by Crippen LogP contribution is -2.44. The summed E-state index contributed by atoms with van der Waals surface area (Å²) < 4.78 is 10.8. The lowest BCUT2D eigenvalue weighted by molar-refractivity contribution is -0.141. The van der Waals surface area contributed by atoms with Crippen LogP contribution in [0.5, 0.6) is 11.5 Å². The van der Waals surface area contributed by atoms with Crippen molar-refractivity contribution in [1.82, 2.24) is 14.8 Å². The first-order chi connectivity index (χ1) is 17.4. The molecule has 2 amide bonds. The van der Waals surface area contributed by atoms with Crippen molar-refractivity contribution < 1.29 is 19.1 Å². The molecule has 194 valence electrons. The number of benzene rings is 2. The molecule has 7 nitrogen and oxygen atoms in total. The smallest absolute Gasteiger partial charge is 0.242 e. The van der Waals surface area contributed by atoms with Crippen molar-refractivity contribution in [2.75, 3.05) is 33.9 Å². The molecule has 2 aromatic carbocycles. The van der Waals surface area contributed by atoms with Gasteiger partial charge in [-0.2, -0.15) is 0 Å². The monoisotopic (exact) mass is 493 g/mol. The summed E-state index contributed by atoms with van der Waals surface area (Å²) in [6.45, 7) is 7.71. The molecule has 36 heavy (non-hydrogen) atoms. The zero-order valence-electron chi connectivity index (χ0n) is 22.2. The standard InChI is InChI=1S/C29H39N3O4/c1-6-9-28(33)32(18-21(2)3)20-29(34)31(19-22-12-13-26(35-4)27(16-22)36-5)15-14-23-17-30-25-11-8-7-10-24(23)25/h7-8,10-13,16-17,21,30H,6,9,14-15,18-20H2,1-5H3. The Kier molecular flexibility index (Phi) is 9.79. The normalized spacial score (nSPS) is 11.1. The van der Waals surface area contributed by atoms with Gasteiger partial charge in [0, 0.05) is 43.2 Å². The third-order valence-corrected chi connectivity index (χ3v) is 6.23. The number of carbonyl (C=O) groups excluding carboxylic acids is 2. The number of nitrogens with one attached hydrogen (secondary N) is 1. The van der Waals surface area contributed by atoms with E-state index >= 15 is 0 Å². The van der Waals surface area contributed by atoms with Gasteiger partial charge in [0.15, 0.2) is 11.5 Å². The summed E-state index contributed by atoms with van der Waals surface area (Å²) in [5, 5.41) is 1.16. The van der Waals surface area contributed by atoms with Crippen molar-refractivity contribution in [1.29, 1.82) is 0 Å². The number of aromatic amines is 1. The van der Waals surface area contributed by atoms with Gasteiger partial charge in [-0.05, 0) is 48.1 Å². The molecule has 0 aliphatic rings. The van der Waals surface area contributed by atoms with Gasteiger partial charge in [0.2, 0.25) is 11.8 Å². The Balaban J connectivity index is 1.83. The topological polar surface area (TPSA) is 74.9 Å². The number of methoxy groups -OCH3 is 2. The highest BCUT2D eigenvalue weighted by Crippen LogP contribution is 2.28. The molecule has 7 heteroatoms. The van der Waals surface area contributed by atoms with Gasteiger partial charge in [0.25, 0.3) is 0 Å². The van der Waals surface area contributed by atoms with Gasteiger partial charge < -0.3 is 24.3 Å². The average molecular weight is 494 g/mol. The number of carbonyl (C=O) groups is 2. The minimum absolute atomic E-state index is 0.0299. The van der Waals surface area contributed by atoms with Crippen LogP contribution in [0.15, 0.2) is 48.7 Å². The Morgan fingerprint density at radius 2 is 1.72 bits per heavy atom. The molecule has 0 bridgehead atoms. The molecule has 1 heterocycles. The number of ether oxygens (including phenoxy) is 2. The van der Waals surface area contributed by atoms with Crippen LogP contribution in [0.1, 0.15) is 44.7 Å². The lowest BCUT2D eigenvalue weighted by atomic mass is 10.1. The molecule has 1 N–H and O–H groups in total. The molecule has 0 aliphatic heterocycles. The van der Waals surface area contributed by atoms with Gasteiger partial charge >= 0.3 is 0 Å². The second-order valence-electron chi connectivity index (χ2n) is 9.53. The Labute approximate surface area is 214 Å². The number of amides is 2. The van der Waals surface area contributed by atoms with Crippen LogP contribution >= 0.6 is 0 Å². The van der Waals surface area contributed by atoms with E-state index in [2.05, 4.69) is 31.0 Å². The number of H-pyrrole nitrogens is 1. The first-order valence-corrected chi connectivity index (χ1v) is 12.7. The molecule has 0 radical (unpaired) electrons. The minimum atomic E-state index is -0.0604. The SMILES string of the molecule is CCCC(=O)N(CC(=O)N(CCc1c[nH]c2ccccc12)Cc1ccc(OC)c(OC)c1)CC(C)C. The Hall–Kier alpha value is -3.48. The van der Waals surface area contributed by atoms with Gasteiger partial charge in [0.05, 0.1) is 20.8 Å². The van der Waals surface area contributed by atoms with E-state index in [1.54, 1.807) is 19.1 Å². The molecule has 1 aromatic heterocycles. The summed E-state index contributed by atoms with van der Waals surface area (Å²) in [7, 11) is 3.20. The summed E-state index contributed by atoms with van der Waals surface area (Å²) in [5.74, 6) is 1.52. The van der Waals surface area contributed by atoms with Crippen molar-refractivity contribution in [3.63, 3.8) is 0 Å². The fourth-order valence-corrected chi connectivity index (χ4v) is 4.42. The number of hydrogen-bond donors (Lipinski definition) is 1. The number of rotatable bonds is 13. The van der Waals surface area contributed by atoms with Crippen LogP contribution in [0.2, 0.25) is 0 Å². The summed E-state index contributed by atoms with van der Waals surface area (Å²) in [4.78, 5) is 33.2. The van der Waals surface area contributed by atoms with Crippen LogP contribution in [0, 0.1) is 5.92 Å². The summed E-state index contributed by atoms with van der Waals surface area (Å²) >= 11 is 0. The maximum atomic E-state index is 13.6. The van der Waals surface area contributed by atoms with Crippen LogP contribution in [-0.2, 0) is 22.6 Å². The van der Waals surface area contributed by atoms with E-state index in [-0.39, 0.29) is 24.3 Å². The van der Waals surface area contributed by atoms with Crippen LogP contribution < -0.4 is 9.47 Å². The summed E-state index contributed by atoms with van der Waals surface area (Å²) in [5.41, 5.74) is 3.19. The number of aromatic nitrogens is 1. The minimum Gasteiger partial charge on any atom is -0.493 e. The quantitative estimate of drug-likeness (QED) is 0.362. The Morgan fingerprint density at radius 3 is 2.42 bits per heavy atom. The van der Waals surface area contributed by atoms with Crippen molar-refractivity contribution in [3.8, 4) is 11.5 Å². The summed E-state index contributed by atoms with van der Waals surface area (Å²) in [6, 6.07) is 13.9. The van der Waals surface area contributed by atoms with Crippen LogP contribution in [-0.4, -0.2) is 60.5 Å². The predicted octanol–water partition coefficient (Wildman–Crippen LogP) is 5.04. The highest BCUT2D eigenvalue weighted by atomic mass is 16.5. The third-order valence-electron chi connectivity index (χ3n) is 6.23. The molecule has 0 saturated carbocycles. The second kappa shape index (κ2) is 13.0. The molecule has 0 atom stereocenters.